The number of benzene rings is 2. The standard InChI is InChI=1S/C21H19N5O3/c1-21-17-13(12-6-2-4-8-15(12)23-17)10-11-25(21)20(29)26(19(21)28)16-9-5-3-7-14(16)18(27)24-22/h2-9,23H,10-11,22H2,1H3,(H,24,27). The Balaban J connectivity index is 1.69. The Kier molecular flexibility index (Phi) is 3.56. The lowest BCUT2D eigenvalue weighted by molar-refractivity contribution is -0.125. The highest BCUT2D eigenvalue weighted by atomic mass is 16.2. The van der Waals surface area contributed by atoms with Crippen molar-refractivity contribution in [3.05, 3.63) is 65.4 Å². The van der Waals surface area contributed by atoms with Crippen LogP contribution in [-0.4, -0.2) is 34.3 Å². The Morgan fingerprint density at radius 1 is 1.14 bits per heavy atom. The largest absolute Gasteiger partial charge is 0.356 e. The van der Waals surface area contributed by atoms with Crippen molar-refractivity contribution in [2.45, 2.75) is 18.9 Å². The highest BCUT2D eigenvalue weighted by Gasteiger charge is 2.59. The van der Waals surface area contributed by atoms with Crippen LogP contribution in [0.5, 0.6) is 0 Å². The third-order valence-electron chi connectivity index (χ3n) is 5.99. The molecule has 1 saturated heterocycles. The summed E-state index contributed by atoms with van der Waals surface area (Å²) in [5.74, 6) is 4.32. The summed E-state index contributed by atoms with van der Waals surface area (Å²) in [5.41, 5.74) is 4.00. The number of imide groups is 1. The van der Waals surface area contributed by atoms with Crippen LogP contribution in [0, 0.1) is 0 Å². The number of para-hydroxylation sites is 2. The molecule has 1 fully saturated rings. The molecule has 0 aliphatic carbocycles. The van der Waals surface area contributed by atoms with Gasteiger partial charge in [-0.25, -0.2) is 15.5 Å². The van der Waals surface area contributed by atoms with E-state index in [0.29, 0.717) is 13.0 Å². The molecule has 146 valence electrons. The molecule has 3 heterocycles. The van der Waals surface area contributed by atoms with Gasteiger partial charge in [0.15, 0.2) is 5.54 Å². The molecule has 4 amide bonds. The zero-order valence-corrected chi connectivity index (χ0v) is 15.7. The van der Waals surface area contributed by atoms with E-state index in [-0.39, 0.29) is 11.3 Å². The Morgan fingerprint density at radius 2 is 1.86 bits per heavy atom. The van der Waals surface area contributed by atoms with Crippen molar-refractivity contribution < 1.29 is 14.4 Å². The molecule has 3 aromatic rings. The number of aromatic amines is 1. The van der Waals surface area contributed by atoms with Crippen molar-refractivity contribution in [1.82, 2.24) is 15.3 Å². The van der Waals surface area contributed by atoms with Crippen molar-refractivity contribution >= 4 is 34.4 Å². The maximum absolute atomic E-state index is 13.7. The maximum atomic E-state index is 13.7. The van der Waals surface area contributed by atoms with Gasteiger partial charge in [-0.3, -0.25) is 15.0 Å². The summed E-state index contributed by atoms with van der Waals surface area (Å²) in [7, 11) is 0. The van der Waals surface area contributed by atoms with Crippen molar-refractivity contribution in [3.8, 4) is 0 Å². The van der Waals surface area contributed by atoms with E-state index >= 15 is 0 Å². The number of urea groups is 1. The number of aromatic nitrogens is 1. The molecular weight excluding hydrogens is 370 g/mol. The first-order valence-electron chi connectivity index (χ1n) is 9.34. The fourth-order valence-electron chi connectivity index (χ4n) is 4.54. The van der Waals surface area contributed by atoms with E-state index in [2.05, 4.69) is 10.4 Å². The van der Waals surface area contributed by atoms with E-state index in [1.807, 2.05) is 24.3 Å². The van der Waals surface area contributed by atoms with Gasteiger partial charge >= 0.3 is 6.03 Å². The Morgan fingerprint density at radius 3 is 2.66 bits per heavy atom. The van der Waals surface area contributed by atoms with Crippen LogP contribution in [0.4, 0.5) is 10.5 Å². The van der Waals surface area contributed by atoms with Gasteiger partial charge in [0.25, 0.3) is 11.8 Å². The third kappa shape index (κ3) is 2.14. The van der Waals surface area contributed by atoms with Gasteiger partial charge in [0.1, 0.15) is 0 Å². The molecule has 2 aliphatic rings. The average molecular weight is 389 g/mol. The van der Waals surface area contributed by atoms with Gasteiger partial charge in [0.05, 0.1) is 16.9 Å². The molecule has 1 unspecified atom stereocenters. The highest BCUT2D eigenvalue weighted by molar-refractivity contribution is 6.25. The summed E-state index contributed by atoms with van der Waals surface area (Å²) in [6, 6.07) is 13.9. The van der Waals surface area contributed by atoms with Crippen LogP contribution >= 0.6 is 0 Å². The second kappa shape index (κ2) is 5.92. The van der Waals surface area contributed by atoms with Crippen LogP contribution in [0.15, 0.2) is 48.5 Å². The first-order valence-corrected chi connectivity index (χ1v) is 9.34. The molecule has 2 aliphatic heterocycles. The molecule has 5 rings (SSSR count). The minimum absolute atomic E-state index is 0.164. The number of nitrogens with one attached hydrogen (secondary N) is 2. The number of fused-ring (bicyclic) bond motifs is 5. The first kappa shape index (κ1) is 17.4. The van der Waals surface area contributed by atoms with Gasteiger partial charge < -0.3 is 9.88 Å². The molecule has 0 saturated carbocycles. The predicted octanol–water partition coefficient (Wildman–Crippen LogP) is 2.01. The number of nitrogens with zero attached hydrogens (tertiary/aromatic N) is 2. The summed E-state index contributed by atoms with van der Waals surface area (Å²) in [5, 5.41) is 1.06. The Labute approximate surface area is 166 Å². The maximum Gasteiger partial charge on any atom is 0.332 e. The van der Waals surface area contributed by atoms with E-state index in [0.717, 1.165) is 27.1 Å². The first-order chi connectivity index (χ1) is 14.0. The molecule has 1 aromatic heterocycles. The lowest BCUT2D eigenvalue weighted by Gasteiger charge is -2.35. The minimum Gasteiger partial charge on any atom is -0.356 e. The van der Waals surface area contributed by atoms with Crippen molar-refractivity contribution in [3.63, 3.8) is 0 Å². The smallest absolute Gasteiger partial charge is 0.332 e. The quantitative estimate of drug-likeness (QED) is 0.269. The molecule has 0 radical (unpaired) electrons. The van der Waals surface area contributed by atoms with Crippen molar-refractivity contribution in [1.29, 1.82) is 0 Å². The molecule has 0 bridgehead atoms. The van der Waals surface area contributed by atoms with Crippen LogP contribution < -0.4 is 16.2 Å². The number of rotatable bonds is 2. The molecule has 4 N–H and O–H groups in total. The number of hydrogen-bond acceptors (Lipinski definition) is 4. The Bertz CT molecular complexity index is 1200. The molecule has 1 atom stereocenters. The van der Waals surface area contributed by atoms with Crippen LogP contribution in [0.1, 0.15) is 28.5 Å². The summed E-state index contributed by atoms with van der Waals surface area (Å²) in [6.45, 7) is 2.17. The van der Waals surface area contributed by atoms with E-state index < -0.39 is 23.4 Å². The second-order valence-corrected chi connectivity index (χ2v) is 7.41. The SMILES string of the molecule is CC12C(=O)N(c3ccccc3C(=O)NN)C(=O)N1CCc1c2[nH]c2ccccc12. The summed E-state index contributed by atoms with van der Waals surface area (Å²) in [4.78, 5) is 45.2. The fraction of sp³-hybridized carbons (Fsp3) is 0.190. The van der Waals surface area contributed by atoms with E-state index in [9.17, 15) is 14.4 Å². The molecule has 8 nitrogen and oxygen atoms in total. The van der Waals surface area contributed by atoms with Crippen molar-refractivity contribution in [2.24, 2.45) is 5.84 Å². The highest BCUT2D eigenvalue weighted by Crippen LogP contribution is 2.45. The fourth-order valence-corrected chi connectivity index (χ4v) is 4.54. The minimum atomic E-state index is -1.17. The average Bonchev–Trinajstić information content (AvgIpc) is 3.22. The number of carbonyl (C=O) groups excluding carboxylic acids is 3. The lowest BCUT2D eigenvalue weighted by Crippen LogP contribution is -2.49. The van der Waals surface area contributed by atoms with Gasteiger partial charge in [-0.05, 0) is 37.1 Å². The monoisotopic (exact) mass is 389 g/mol. The number of amides is 4. The lowest BCUT2D eigenvalue weighted by atomic mass is 9.87. The number of nitrogens with two attached hydrogens (primary N) is 1. The second-order valence-electron chi connectivity index (χ2n) is 7.41. The van der Waals surface area contributed by atoms with Crippen LogP contribution in [0.25, 0.3) is 10.9 Å². The zero-order chi connectivity index (χ0) is 20.3. The van der Waals surface area contributed by atoms with Crippen LogP contribution in [-0.2, 0) is 16.8 Å². The van der Waals surface area contributed by atoms with E-state index in [1.54, 1.807) is 30.0 Å². The number of anilines is 1. The van der Waals surface area contributed by atoms with Gasteiger partial charge in [-0.2, -0.15) is 0 Å². The van der Waals surface area contributed by atoms with Gasteiger partial charge in [0.2, 0.25) is 0 Å². The molecular formula is C21H19N5O3. The van der Waals surface area contributed by atoms with Crippen LogP contribution in [0.3, 0.4) is 0 Å². The van der Waals surface area contributed by atoms with Gasteiger partial charge in [-0.1, -0.05) is 30.3 Å². The topological polar surface area (TPSA) is 112 Å². The number of hydrazine groups is 1. The van der Waals surface area contributed by atoms with E-state index in [4.69, 9.17) is 5.84 Å². The summed E-state index contributed by atoms with van der Waals surface area (Å²) < 4.78 is 0. The third-order valence-corrected chi connectivity index (χ3v) is 5.99. The predicted molar refractivity (Wildman–Crippen MR) is 107 cm³/mol. The van der Waals surface area contributed by atoms with Gasteiger partial charge in [-0.15, -0.1) is 0 Å². The van der Waals surface area contributed by atoms with Gasteiger partial charge in [0, 0.05) is 17.4 Å². The number of hydrogen-bond donors (Lipinski definition) is 3. The summed E-state index contributed by atoms with van der Waals surface area (Å²) in [6.07, 6.45) is 0.646. The van der Waals surface area contributed by atoms with Crippen LogP contribution in [0.2, 0.25) is 0 Å². The summed E-state index contributed by atoms with van der Waals surface area (Å²) >= 11 is 0. The number of H-pyrrole nitrogens is 1. The number of nitrogen functional groups attached to an aromatic ring is 1. The molecule has 29 heavy (non-hydrogen) atoms. The molecule has 2 aromatic carbocycles. The normalized spacial score (nSPS) is 20.8. The molecule has 0 spiro atoms. The zero-order valence-electron chi connectivity index (χ0n) is 15.7. The number of carbonyl (C=O) groups is 3. The van der Waals surface area contributed by atoms with Crippen molar-refractivity contribution in [2.75, 3.05) is 11.4 Å². The molecule has 8 heteroatoms. The van der Waals surface area contributed by atoms with E-state index in [1.165, 1.54) is 6.07 Å². The Hall–Kier alpha value is -3.65.